The summed E-state index contributed by atoms with van der Waals surface area (Å²) < 4.78 is 16.8. The molecule has 0 amide bonds. The Kier molecular flexibility index (Phi) is 8.37. The van der Waals surface area contributed by atoms with Gasteiger partial charge in [-0.15, -0.1) is 0 Å². The standard InChI is InChI=1S/C56H37FN2/c57-42-16-13-19-46(37-42)58(43-17-5-2-6-18-43)44-31-26-38(27-32-44)41-30-35-54-52(36-41)47-20-11-12-25-53(47)59(54)45-33-28-40(29-34-45)56-50-23-9-7-21-48(50)55(39-14-3-1-4-15-39)49-22-8-10-24-51(49)56/h1-37H. The molecule has 0 aliphatic heterocycles. The van der Waals surface area contributed by atoms with E-state index in [0.717, 1.165) is 39.4 Å². The molecular formula is C56H37FN2. The van der Waals surface area contributed by atoms with Gasteiger partial charge in [0.1, 0.15) is 5.82 Å². The van der Waals surface area contributed by atoms with Gasteiger partial charge in [-0.05, 0) is 128 Å². The van der Waals surface area contributed by atoms with Gasteiger partial charge in [0.25, 0.3) is 0 Å². The molecule has 0 aliphatic rings. The summed E-state index contributed by atoms with van der Waals surface area (Å²) in [4.78, 5) is 2.08. The van der Waals surface area contributed by atoms with Crippen molar-refractivity contribution in [2.24, 2.45) is 0 Å². The average molecular weight is 757 g/mol. The van der Waals surface area contributed by atoms with E-state index in [4.69, 9.17) is 0 Å². The summed E-state index contributed by atoms with van der Waals surface area (Å²) in [7, 11) is 0. The van der Waals surface area contributed by atoms with Crippen molar-refractivity contribution >= 4 is 60.4 Å². The summed E-state index contributed by atoms with van der Waals surface area (Å²) in [6, 6.07) is 78.3. The van der Waals surface area contributed by atoms with Crippen molar-refractivity contribution in [3.8, 4) is 39.1 Å². The normalized spacial score (nSPS) is 11.5. The molecule has 0 atom stereocenters. The minimum Gasteiger partial charge on any atom is -0.310 e. The largest absolute Gasteiger partial charge is 0.310 e. The van der Waals surface area contributed by atoms with Gasteiger partial charge < -0.3 is 9.47 Å². The highest BCUT2D eigenvalue weighted by Crippen LogP contribution is 2.44. The second-order valence-corrected chi connectivity index (χ2v) is 15.0. The van der Waals surface area contributed by atoms with E-state index in [1.165, 1.54) is 66.2 Å². The van der Waals surface area contributed by atoms with Gasteiger partial charge in [-0.1, -0.05) is 152 Å². The number of halogens is 1. The summed E-state index contributed by atoms with van der Waals surface area (Å²) in [6.45, 7) is 0. The SMILES string of the molecule is Fc1cccc(N(c2ccccc2)c2ccc(-c3ccc4c(c3)c3ccccc3n4-c3ccc(-c4c5ccccc5c(-c5ccccc5)c5ccccc45)cc3)cc2)c1. The number of hydrogen-bond donors (Lipinski definition) is 0. The zero-order chi connectivity index (χ0) is 39.3. The monoisotopic (exact) mass is 756 g/mol. The molecule has 10 aromatic carbocycles. The molecule has 0 fully saturated rings. The van der Waals surface area contributed by atoms with E-state index in [1.54, 1.807) is 12.1 Å². The van der Waals surface area contributed by atoms with Crippen LogP contribution in [0.4, 0.5) is 21.5 Å². The molecule has 1 aromatic heterocycles. The van der Waals surface area contributed by atoms with Crippen molar-refractivity contribution in [1.82, 2.24) is 4.57 Å². The van der Waals surface area contributed by atoms with E-state index in [9.17, 15) is 4.39 Å². The smallest absolute Gasteiger partial charge is 0.125 e. The number of fused-ring (bicyclic) bond motifs is 5. The predicted molar refractivity (Wildman–Crippen MR) is 247 cm³/mol. The van der Waals surface area contributed by atoms with E-state index in [0.29, 0.717) is 0 Å². The maximum Gasteiger partial charge on any atom is 0.125 e. The highest BCUT2D eigenvalue weighted by molar-refractivity contribution is 6.21. The van der Waals surface area contributed by atoms with Gasteiger partial charge in [0.05, 0.1) is 11.0 Å². The molecule has 0 saturated carbocycles. The average Bonchev–Trinajstić information content (AvgIpc) is 3.63. The third-order valence-electron chi connectivity index (χ3n) is 11.6. The van der Waals surface area contributed by atoms with Gasteiger partial charge in [-0.2, -0.15) is 0 Å². The number of benzene rings is 10. The summed E-state index contributed by atoms with van der Waals surface area (Å²) in [5.74, 6) is -0.264. The summed E-state index contributed by atoms with van der Waals surface area (Å²) in [6.07, 6.45) is 0. The second-order valence-electron chi connectivity index (χ2n) is 15.0. The fraction of sp³-hybridized carbons (Fsp3) is 0. The molecule has 3 heteroatoms. The maximum atomic E-state index is 14.4. The zero-order valence-corrected chi connectivity index (χ0v) is 32.1. The van der Waals surface area contributed by atoms with Gasteiger partial charge >= 0.3 is 0 Å². The van der Waals surface area contributed by atoms with Crippen molar-refractivity contribution in [2.75, 3.05) is 4.90 Å². The minimum absolute atomic E-state index is 0.264. The Hall–Kier alpha value is -7.75. The summed E-state index contributed by atoms with van der Waals surface area (Å²) >= 11 is 0. The lowest BCUT2D eigenvalue weighted by Gasteiger charge is -2.25. The van der Waals surface area contributed by atoms with Crippen LogP contribution in [0, 0.1) is 5.82 Å². The molecule has 59 heavy (non-hydrogen) atoms. The van der Waals surface area contributed by atoms with Crippen LogP contribution in [0.5, 0.6) is 0 Å². The Morgan fingerprint density at radius 2 is 0.780 bits per heavy atom. The van der Waals surface area contributed by atoms with Crippen molar-refractivity contribution in [2.45, 2.75) is 0 Å². The van der Waals surface area contributed by atoms with Gasteiger partial charge in [0.2, 0.25) is 0 Å². The van der Waals surface area contributed by atoms with E-state index in [-0.39, 0.29) is 5.82 Å². The van der Waals surface area contributed by atoms with Crippen LogP contribution >= 0.6 is 0 Å². The lowest BCUT2D eigenvalue weighted by molar-refractivity contribution is 0.628. The Labute approximate surface area is 342 Å². The molecule has 0 bridgehead atoms. The van der Waals surface area contributed by atoms with E-state index < -0.39 is 0 Å². The van der Waals surface area contributed by atoms with Gasteiger partial charge in [-0.3, -0.25) is 0 Å². The molecule has 0 radical (unpaired) electrons. The molecule has 0 aliphatic carbocycles. The molecule has 0 spiro atoms. The third-order valence-corrected chi connectivity index (χ3v) is 11.6. The number of aromatic nitrogens is 1. The van der Waals surface area contributed by atoms with Crippen molar-refractivity contribution in [1.29, 1.82) is 0 Å². The minimum atomic E-state index is -0.264. The van der Waals surface area contributed by atoms with E-state index in [1.807, 2.05) is 36.4 Å². The van der Waals surface area contributed by atoms with Gasteiger partial charge in [-0.25, -0.2) is 4.39 Å². The number of hydrogen-bond acceptors (Lipinski definition) is 1. The fourth-order valence-electron chi connectivity index (χ4n) is 9.01. The Morgan fingerprint density at radius 1 is 0.305 bits per heavy atom. The second kappa shape index (κ2) is 14.3. The van der Waals surface area contributed by atoms with Crippen LogP contribution in [-0.4, -0.2) is 4.57 Å². The lowest BCUT2D eigenvalue weighted by Crippen LogP contribution is -2.09. The Balaban J connectivity index is 0.991. The molecule has 0 N–H and O–H groups in total. The van der Waals surface area contributed by atoms with Crippen LogP contribution in [0.15, 0.2) is 224 Å². The first-order valence-corrected chi connectivity index (χ1v) is 20.0. The molecule has 11 aromatic rings. The highest BCUT2D eigenvalue weighted by Gasteiger charge is 2.18. The number of nitrogens with zero attached hydrogens (tertiary/aromatic N) is 2. The number of para-hydroxylation sites is 2. The maximum absolute atomic E-state index is 14.4. The van der Waals surface area contributed by atoms with Crippen LogP contribution in [0.1, 0.15) is 0 Å². The molecule has 0 unspecified atom stereocenters. The molecule has 278 valence electrons. The molecule has 2 nitrogen and oxygen atoms in total. The number of rotatable bonds is 7. The zero-order valence-electron chi connectivity index (χ0n) is 32.1. The van der Waals surface area contributed by atoms with Crippen molar-refractivity contribution in [3.05, 3.63) is 230 Å². The van der Waals surface area contributed by atoms with E-state index in [2.05, 4.69) is 179 Å². The van der Waals surface area contributed by atoms with Crippen molar-refractivity contribution < 1.29 is 4.39 Å². The highest BCUT2D eigenvalue weighted by atomic mass is 19.1. The number of anilines is 3. The summed E-state index contributed by atoms with van der Waals surface area (Å²) in [5.41, 5.74) is 13.3. The molecule has 1 heterocycles. The lowest BCUT2D eigenvalue weighted by atomic mass is 9.86. The predicted octanol–water partition coefficient (Wildman–Crippen LogP) is 15.7. The van der Waals surface area contributed by atoms with Gasteiger partial charge in [0, 0.05) is 33.5 Å². The first kappa shape index (κ1) is 34.5. The van der Waals surface area contributed by atoms with Crippen molar-refractivity contribution in [3.63, 3.8) is 0 Å². The Bertz CT molecular complexity index is 3260. The van der Waals surface area contributed by atoms with Crippen LogP contribution in [0.3, 0.4) is 0 Å². The quantitative estimate of drug-likeness (QED) is 0.147. The Morgan fingerprint density at radius 3 is 1.41 bits per heavy atom. The first-order chi connectivity index (χ1) is 29.2. The molecule has 0 saturated heterocycles. The van der Waals surface area contributed by atoms with Crippen LogP contribution in [0.2, 0.25) is 0 Å². The first-order valence-electron chi connectivity index (χ1n) is 20.0. The summed E-state index contributed by atoms with van der Waals surface area (Å²) in [5, 5.41) is 7.41. The van der Waals surface area contributed by atoms with Crippen LogP contribution in [0.25, 0.3) is 82.4 Å². The van der Waals surface area contributed by atoms with E-state index >= 15 is 0 Å². The topological polar surface area (TPSA) is 8.17 Å². The molecule has 11 rings (SSSR count). The molecular weight excluding hydrogens is 720 g/mol. The van der Waals surface area contributed by atoms with Gasteiger partial charge in [0.15, 0.2) is 0 Å². The fourth-order valence-corrected chi connectivity index (χ4v) is 9.01. The van der Waals surface area contributed by atoms with Crippen LogP contribution in [-0.2, 0) is 0 Å². The van der Waals surface area contributed by atoms with Crippen LogP contribution < -0.4 is 4.90 Å². The third kappa shape index (κ3) is 5.95.